The molecule has 1 aromatic heterocycles. The lowest BCUT2D eigenvalue weighted by Crippen LogP contribution is -2.41. The van der Waals surface area contributed by atoms with Crippen molar-refractivity contribution in [3.05, 3.63) is 42.5 Å². The number of aromatic nitrogens is 2. The zero-order chi connectivity index (χ0) is 17.8. The lowest BCUT2D eigenvalue weighted by atomic mass is 9.78. The molecule has 1 aliphatic heterocycles. The van der Waals surface area contributed by atoms with Gasteiger partial charge in [0, 0.05) is 18.1 Å². The van der Waals surface area contributed by atoms with E-state index in [1.54, 1.807) is 12.3 Å². The van der Waals surface area contributed by atoms with Crippen LogP contribution < -0.4 is 5.46 Å². The van der Waals surface area contributed by atoms with Crippen molar-refractivity contribution in [1.29, 1.82) is 0 Å². The van der Waals surface area contributed by atoms with Crippen LogP contribution in [-0.4, -0.2) is 27.9 Å². The van der Waals surface area contributed by atoms with E-state index in [9.17, 15) is 13.2 Å². The molecule has 0 atom stereocenters. The van der Waals surface area contributed by atoms with Gasteiger partial charge in [-0.3, -0.25) is 0 Å². The second kappa shape index (κ2) is 5.36. The van der Waals surface area contributed by atoms with Gasteiger partial charge in [-0.2, -0.15) is 13.2 Å². The number of halogens is 3. The second-order valence-electron chi connectivity index (χ2n) is 6.87. The Morgan fingerprint density at radius 1 is 1.04 bits per heavy atom. The van der Waals surface area contributed by atoms with Gasteiger partial charge in [-0.25, -0.2) is 4.98 Å². The van der Waals surface area contributed by atoms with Crippen LogP contribution in [0.25, 0.3) is 5.69 Å². The van der Waals surface area contributed by atoms with Gasteiger partial charge < -0.3 is 13.9 Å². The summed E-state index contributed by atoms with van der Waals surface area (Å²) >= 11 is 0. The summed E-state index contributed by atoms with van der Waals surface area (Å²) in [6.07, 6.45) is 0.0801. The van der Waals surface area contributed by atoms with Crippen molar-refractivity contribution < 1.29 is 22.5 Å². The molecule has 0 amide bonds. The monoisotopic (exact) mass is 338 g/mol. The third kappa shape index (κ3) is 2.96. The number of benzene rings is 1. The summed E-state index contributed by atoms with van der Waals surface area (Å²) in [6.45, 7) is 7.43. The first-order chi connectivity index (χ1) is 11.0. The molecular weight excluding hydrogens is 320 g/mol. The smallest absolute Gasteiger partial charge is 0.399 e. The van der Waals surface area contributed by atoms with Crippen molar-refractivity contribution in [1.82, 2.24) is 9.55 Å². The Balaban J connectivity index is 2.07. The number of rotatable bonds is 2. The minimum atomic E-state index is -4.46. The van der Waals surface area contributed by atoms with Crippen LogP contribution in [0.4, 0.5) is 13.2 Å². The van der Waals surface area contributed by atoms with Gasteiger partial charge >= 0.3 is 13.3 Å². The standard InChI is InChI=1S/C16H18BF3N2O2/c1-14(2)15(3,4)24-17(23-14)12-7-11(16(18,19)20)8-13(9-12)22-6-5-21-10-22/h5-10H,1-4H3. The highest BCUT2D eigenvalue weighted by molar-refractivity contribution is 6.62. The van der Waals surface area contributed by atoms with E-state index in [4.69, 9.17) is 9.31 Å². The van der Waals surface area contributed by atoms with E-state index in [0.717, 1.165) is 12.1 Å². The molecule has 0 radical (unpaired) electrons. The van der Waals surface area contributed by atoms with Gasteiger partial charge in [-0.1, -0.05) is 6.07 Å². The van der Waals surface area contributed by atoms with E-state index in [0.29, 0.717) is 11.2 Å². The first-order valence-corrected chi connectivity index (χ1v) is 7.56. The van der Waals surface area contributed by atoms with Crippen molar-refractivity contribution in [2.45, 2.75) is 45.1 Å². The van der Waals surface area contributed by atoms with Gasteiger partial charge in [0.1, 0.15) is 0 Å². The van der Waals surface area contributed by atoms with Crippen LogP contribution in [0.15, 0.2) is 36.9 Å². The number of hydrogen-bond acceptors (Lipinski definition) is 3. The molecule has 0 spiro atoms. The SMILES string of the molecule is CC1(C)OB(c2cc(-n3ccnc3)cc(C(F)(F)F)c2)OC1(C)C. The van der Waals surface area contributed by atoms with Gasteiger partial charge in [0.2, 0.25) is 0 Å². The zero-order valence-electron chi connectivity index (χ0n) is 13.9. The first-order valence-electron chi connectivity index (χ1n) is 7.56. The van der Waals surface area contributed by atoms with Crippen molar-refractivity contribution >= 4 is 12.6 Å². The Kier molecular flexibility index (Phi) is 3.80. The molecule has 0 aliphatic carbocycles. The zero-order valence-corrected chi connectivity index (χ0v) is 13.9. The molecule has 0 unspecified atom stereocenters. The lowest BCUT2D eigenvalue weighted by molar-refractivity contribution is -0.137. The quantitative estimate of drug-likeness (QED) is 0.789. The molecule has 24 heavy (non-hydrogen) atoms. The predicted octanol–water partition coefficient (Wildman–Crippen LogP) is 3.19. The van der Waals surface area contributed by atoms with Crippen LogP contribution in [0.5, 0.6) is 0 Å². The number of alkyl halides is 3. The molecule has 128 valence electrons. The molecule has 1 fully saturated rings. The Morgan fingerprint density at radius 2 is 1.67 bits per heavy atom. The van der Waals surface area contributed by atoms with Crippen LogP contribution in [0.1, 0.15) is 33.3 Å². The maximum absolute atomic E-state index is 13.3. The molecule has 8 heteroatoms. The highest BCUT2D eigenvalue weighted by atomic mass is 19.4. The van der Waals surface area contributed by atoms with Gasteiger partial charge in [-0.15, -0.1) is 0 Å². The predicted molar refractivity (Wildman–Crippen MR) is 84.3 cm³/mol. The van der Waals surface area contributed by atoms with Crippen LogP contribution in [0, 0.1) is 0 Å². The molecule has 4 nitrogen and oxygen atoms in total. The summed E-state index contributed by atoms with van der Waals surface area (Å²) in [4.78, 5) is 3.88. The van der Waals surface area contributed by atoms with Crippen LogP contribution >= 0.6 is 0 Å². The Labute approximate surface area is 138 Å². The van der Waals surface area contributed by atoms with E-state index < -0.39 is 30.1 Å². The summed E-state index contributed by atoms with van der Waals surface area (Å²) in [6, 6.07) is 3.78. The minimum absolute atomic E-state index is 0.326. The molecule has 1 aromatic carbocycles. The van der Waals surface area contributed by atoms with Crippen molar-refractivity contribution in [2.75, 3.05) is 0 Å². The third-order valence-corrected chi connectivity index (χ3v) is 4.60. The summed E-state index contributed by atoms with van der Waals surface area (Å²) in [5.74, 6) is 0. The van der Waals surface area contributed by atoms with Gasteiger partial charge in [-0.05, 0) is 45.3 Å². The Hall–Kier alpha value is -1.80. The second-order valence-corrected chi connectivity index (χ2v) is 6.87. The molecule has 0 saturated carbocycles. The number of hydrogen-bond donors (Lipinski definition) is 0. The Morgan fingerprint density at radius 3 is 2.17 bits per heavy atom. The van der Waals surface area contributed by atoms with Gasteiger partial charge in [0.05, 0.1) is 23.1 Å². The summed E-state index contributed by atoms with van der Waals surface area (Å²) in [7, 11) is -0.862. The highest BCUT2D eigenvalue weighted by Gasteiger charge is 2.52. The first kappa shape index (κ1) is 17.0. The minimum Gasteiger partial charge on any atom is -0.399 e. The van der Waals surface area contributed by atoms with Crippen LogP contribution in [0.2, 0.25) is 0 Å². The van der Waals surface area contributed by atoms with E-state index in [2.05, 4.69) is 4.98 Å². The maximum Gasteiger partial charge on any atom is 0.494 e. The summed E-state index contributed by atoms with van der Waals surface area (Å²) in [5, 5.41) is 0. The summed E-state index contributed by atoms with van der Waals surface area (Å²) < 4.78 is 53.1. The average Bonchev–Trinajstić information content (AvgIpc) is 3.04. The maximum atomic E-state index is 13.3. The fourth-order valence-electron chi connectivity index (χ4n) is 2.47. The molecule has 1 saturated heterocycles. The fraction of sp³-hybridized carbons (Fsp3) is 0.438. The van der Waals surface area contributed by atoms with Crippen molar-refractivity contribution in [2.24, 2.45) is 0 Å². The normalized spacial score (nSPS) is 19.7. The molecule has 3 rings (SSSR count). The fourth-order valence-corrected chi connectivity index (χ4v) is 2.47. The van der Waals surface area contributed by atoms with E-state index in [1.165, 1.54) is 17.1 Å². The molecule has 0 bridgehead atoms. The molecule has 2 aromatic rings. The Bertz CT molecular complexity index is 726. The number of imidazole rings is 1. The van der Waals surface area contributed by atoms with E-state index >= 15 is 0 Å². The molecule has 0 N–H and O–H groups in total. The topological polar surface area (TPSA) is 36.3 Å². The van der Waals surface area contributed by atoms with Crippen molar-refractivity contribution in [3.63, 3.8) is 0 Å². The van der Waals surface area contributed by atoms with E-state index in [-0.39, 0.29) is 0 Å². The van der Waals surface area contributed by atoms with E-state index in [1.807, 2.05) is 27.7 Å². The molecular formula is C16H18BF3N2O2. The molecule has 1 aliphatic rings. The van der Waals surface area contributed by atoms with Crippen LogP contribution in [-0.2, 0) is 15.5 Å². The third-order valence-electron chi connectivity index (χ3n) is 4.60. The largest absolute Gasteiger partial charge is 0.494 e. The highest BCUT2D eigenvalue weighted by Crippen LogP contribution is 2.37. The average molecular weight is 338 g/mol. The number of nitrogens with zero attached hydrogens (tertiary/aromatic N) is 2. The lowest BCUT2D eigenvalue weighted by Gasteiger charge is -2.32. The van der Waals surface area contributed by atoms with Gasteiger partial charge in [0.15, 0.2) is 0 Å². The van der Waals surface area contributed by atoms with Gasteiger partial charge in [0.25, 0.3) is 0 Å². The van der Waals surface area contributed by atoms with Crippen molar-refractivity contribution in [3.8, 4) is 5.69 Å². The summed E-state index contributed by atoms with van der Waals surface area (Å²) in [5.41, 5.74) is -1.32. The van der Waals surface area contributed by atoms with Crippen LogP contribution in [0.3, 0.4) is 0 Å². The molecule has 2 heterocycles.